The lowest BCUT2D eigenvalue weighted by atomic mass is 10.1. The molecule has 1 atom stereocenters. The van der Waals surface area contributed by atoms with Gasteiger partial charge < -0.3 is 15.2 Å². The van der Waals surface area contributed by atoms with Crippen molar-refractivity contribution in [1.29, 1.82) is 0 Å². The molecule has 0 bridgehead atoms. The van der Waals surface area contributed by atoms with Crippen LogP contribution in [0.5, 0.6) is 0 Å². The number of rotatable bonds is 3. The topological polar surface area (TPSA) is 65.2 Å². The highest BCUT2D eigenvalue weighted by Gasteiger charge is 2.34. The molecule has 4 rings (SSSR count). The van der Waals surface area contributed by atoms with Crippen LogP contribution in [0, 0.1) is 5.82 Å². The van der Waals surface area contributed by atoms with Crippen molar-refractivity contribution in [3.8, 4) is 0 Å². The highest BCUT2D eigenvalue weighted by Crippen LogP contribution is 2.23. The normalized spacial score (nSPS) is 17.2. The van der Waals surface area contributed by atoms with E-state index in [4.69, 9.17) is 0 Å². The Morgan fingerprint density at radius 3 is 2.80 bits per heavy atom. The van der Waals surface area contributed by atoms with Gasteiger partial charge in [-0.25, -0.2) is 4.39 Å². The Balaban J connectivity index is 1.52. The summed E-state index contributed by atoms with van der Waals surface area (Å²) in [5.74, 6) is -0.831. The first-order chi connectivity index (χ1) is 12.1. The van der Waals surface area contributed by atoms with Crippen molar-refractivity contribution < 1.29 is 14.0 Å². The minimum absolute atomic E-state index is 0.120. The second-order valence-electron chi connectivity index (χ2n) is 6.03. The van der Waals surface area contributed by atoms with Crippen molar-refractivity contribution in [2.45, 2.75) is 12.5 Å². The van der Waals surface area contributed by atoms with Crippen molar-refractivity contribution in [1.82, 2.24) is 10.3 Å². The number of nitrogens with zero attached hydrogens (tertiary/aromatic N) is 1. The van der Waals surface area contributed by atoms with E-state index in [0.717, 1.165) is 5.69 Å². The molecule has 5 nitrogen and oxygen atoms in total. The number of H-pyrrole nitrogens is 1. The Morgan fingerprint density at radius 1 is 1.20 bits per heavy atom. The number of nitrogens with one attached hydrogen (secondary N) is 2. The standard InChI is InChI=1S/C19H16FN3O2/c20-12-6-7-14-15(11-21-17(14)10-12)18(24)22-16-8-9-23(19(16)25)13-4-2-1-3-5-13/h1-7,10-11,16,21H,8-9H2,(H,22,24)/t16-/m1/s1. The van der Waals surface area contributed by atoms with Gasteiger partial charge in [0.25, 0.3) is 5.91 Å². The molecule has 0 spiro atoms. The minimum Gasteiger partial charge on any atom is -0.360 e. The highest BCUT2D eigenvalue weighted by atomic mass is 19.1. The van der Waals surface area contributed by atoms with Crippen molar-refractivity contribution in [3.63, 3.8) is 0 Å². The van der Waals surface area contributed by atoms with Gasteiger partial charge in [-0.05, 0) is 36.8 Å². The molecule has 1 aliphatic rings. The lowest BCUT2D eigenvalue weighted by Gasteiger charge is -2.17. The number of benzene rings is 2. The van der Waals surface area contributed by atoms with Gasteiger partial charge in [-0.1, -0.05) is 18.2 Å². The summed E-state index contributed by atoms with van der Waals surface area (Å²) < 4.78 is 13.3. The van der Waals surface area contributed by atoms with Crippen LogP contribution < -0.4 is 10.2 Å². The number of aromatic amines is 1. The molecule has 6 heteroatoms. The average molecular weight is 337 g/mol. The molecular formula is C19H16FN3O2. The number of hydrogen-bond acceptors (Lipinski definition) is 2. The van der Waals surface area contributed by atoms with Gasteiger partial charge >= 0.3 is 0 Å². The van der Waals surface area contributed by atoms with Gasteiger partial charge in [-0.3, -0.25) is 9.59 Å². The maximum absolute atomic E-state index is 13.3. The predicted molar refractivity (Wildman–Crippen MR) is 92.9 cm³/mol. The van der Waals surface area contributed by atoms with E-state index in [0.29, 0.717) is 29.4 Å². The Labute approximate surface area is 143 Å². The number of amides is 2. The number of anilines is 1. The van der Waals surface area contributed by atoms with Gasteiger partial charge in [-0.15, -0.1) is 0 Å². The Bertz CT molecular complexity index is 952. The Kier molecular flexibility index (Phi) is 3.72. The van der Waals surface area contributed by atoms with Crippen LogP contribution in [-0.4, -0.2) is 29.4 Å². The highest BCUT2D eigenvalue weighted by molar-refractivity contribution is 6.09. The van der Waals surface area contributed by atoms with Crippen molar-refractivity contribution >= 4 is 28.4 Å². The van der Waals surface area contributed by atoms with E-state index in [1.165, 1.54) is 18.3 Å². The predicted octanol–water partition coefficient (Wildman–Crippen LogP) is 2.84. The van der Waals surface area contributed by atoms with Crippen LogP contribution in [0.25, 0.3) is 10.9 Å². The number of carbonyl (C=O) groups excluding carboxylic acids is 2. The fourth-order valence-corrected chi connectivity index (χ4v) is 3.20. The summed E-state index contributed by atoms with van der Waals surface area (Å²) >= 11 is 0. The molecule has 1 fully saturated rings. The second-order valence-corrected chi connectivity index (χ2v) is 6.03. The molecule has 2 amide bonds. The second kappa shape index (κ2) is 6.05. The summed E-state index contributed by atoms with van der Waals surface area (Å²) in [6.07, 6.45) is 2.09. The van der Waals surface area contributed by atoms with Gasteiger partial charge in [0.05, 0.1) is 5.56 Å². The summed E-state index contributed by atoms with van der Waals surface area (Å²) in [6, 6.07) is 13.0. The molecule has 0 radical (unpaired) electrons. The lowest BCUT2D eigenvalue weighted by molar-refractivity contribution is -0.118. The number of carbonyl (C=O) groups is 2. The van der Waals surface area contributed by atoms with Crippen LogP contribution in [0.15, 0.2) is 54.7 Å². The summed E-state index contributed by atoms with van der Waals surface area (Å²) in [6.45, 7) is 0.562. The first-order valence-electron chi connectivity index (χ1n) is 8.07. The molecule has 0 unspecified atom stereocenters. The van der Waals surface area contributed by atoms with E-state index in [1.807, 2.05) is 30.3 Å². The van der Waals surface area contributed by atoms with Gasteiger partial charge in [-0.2, -0.15) is 0 Å². The van der Waals surface area contributed by atoms with E-state index in [-0.39, 0.29) is 17.6 Å². The van der Waals surface area contributed by atoms with Crippen LogP contribution in [0.4, 0.5) is 10.1 Å². The van der Waals surface area contributed by atoms with Crippen LogP contribution in [0.3, 0.4) is 0 Å². The SMILES string of the molecule is O=C(N[C@@H]1CCN(c2ccccc2)C1=O)c1c[nH]c2cc(F)ccc12. The summed E-state index contributed by atoms with van der Waals surface area (Å²) in [5.41, 5.74) is 1.78. The fourth-order valence-electron chi connectivity index (χ4n) is 3.20. The van der Waals surface area contributed by atoms with Crippen molar-refractivity contribution in [2.75, 3.05) is 11.4 Å². The quantitative estimate of drug-likeness (QED) is 0.772. The molecule has 3 aromatic rings. The number of aromatic nitrogens is 1. The molecule has 2 heterocycles. The van der Waals surface area contributed by atoms with Crippen molar-refractivity contribution in [2.24, 2.45) is 0 Å². The molecule has 25 heavy (non-hydrogen) atoms. The molecule has 2 aromatic carbocycles. The zero-order valence-corrected chi connectivity index (χ0v) is 13.3. The van der Waals surface area contributed by atoms with Gasteiger partial charge in [0, 0.05) is 29.3 Å². The molecule has 1 saturated heterocycles. The van der Waals surface area contributed by atoms with E-state index in [9.17, 15) is 14.0 Å². The van der Waals surface area contributed by atoms with Crippen LogP contribution in [-0.2, 0) is 4.79 Å². The van der Waals surface area contributed by atoms with Crippen molar-refractivity contribution in [3.05, 3.63) is 66.1 Å². The first kappa shape index (κ1) is 15.4. The third-order valence-corrected chi connectivity index (χ3v) is 4.47. The van der Waals surface area contributed by atoms with Crippen LogP contribution >= 0.6 is 0 Å². The third-order valence-electron chi connectivity index (χ3n) is 4.47. The van der Waals surface area contributed by atoms with Gasteiger partial charge in [0.15, 0.2) is 0 Å². The zero-order chi connectivity index (χ0) is 17.4. The minimum atomic E-state index is -0.557. The zero-order valence-electron chi connectivity index (χ0n) is 13.3. The van der Waals surface area contributed by atoms with Gasteiger partial charge in [0.1, 0.15) is 11.9 Å². The van der Waals surface area contributed by atoms with E-state index in [2.05, 4.69) is 10.3 Å². The Morgan fingerprint density at radius 2 is 2.00 bits per heavy atom. The average Bonchev–Trinajstić information content (AvgIpc) is 3.19. The largest absolute Gasteiger partial charge is 0.360 e. The number of fused-ring (bicyclic) bond motifs is 1. The molecule has 1 aliphatic heterocycles. The van der Waals surface area contributed by atoms with E-state index >= 15 is 0 Å². The molecule has 0 aliphatic carbocycles. The summed E-state index contributed by atoms with van der Waals surface area (Å²) in [5, 5.41) is 3.42. The molecule has 2 N–H and O–H groups in total. The van der Waals surface area contributed by atoms with Crippen LogP contribution in [0.1, 0.15) is 16.8 Å². The Hall–Kier alpha value is -3.15. The fraction of sp³-hybridized carbons (Fsp3) is 0.158. The molecular weight excluding hydrogens is 321 g/mol. The molecule has 0 saturated carbocycles. The van der Waals surface area contributed by atoms with E-state index < -0.39 is 6.04 Å². The number of halogens is 1. The third kappa shape index (κ3) is 2.76. The lowest BCUT2D eigenvalue weighted by Crippen LogP contribution is -2.41. The molecule has 126 valence electrons. The smallest absolute Gasteiger partial charge is 0.254 e. The van der Waals surface area contributed by atoms with Crippen LogP contribution in [0.2, 0.25) is 0 Å². The number of hydrogen-bond donors (Lipinski definition) is 2. The molecule has 1 aromatic heterocycles. The number of para-hydroxylation sites is 1. The van der Waals surface area contributed by atoms with E-state index in [1.54, 1.807) is 11.0 Å². The summed E-state index contributed by atoms with van der Waals surface area (Å²) in [4.78, 5) is 29.7. The maximum atomic E-state index is 13.3. The maximum Gasteiger partial charge on any atom is 0.254 e. The first-order valence-corrected chi connectivity index (χ1v) is 8.07. The van der Waals surface area contributed by atoms with Gasteiger partial charge in [0.2, 0.25) is 5.91 Å². The monoisotopic (exact) mass is 337 g/mol. The summed E-state index contributed by atoms with van der Waals surface area (Å²) in [7, 11) is 0.